The number of carbonyl (C=O) groups is 2. The van der Waals surface area contributed by atoms with Crippen LogP contribution in [0.2, 0.25) is 10.0 Å². The molecule has 2 N–H and O–H groups in total. The molecule has 0 aliphatic heterocycles. The Morgan fingerprint density at radius 2 is 2.00 bits per heavy atom. The zero-order valence-electron chi connectivity index (χ0n) is 10.3. The fourth-order valence-corrected chi connectivity index (χ4v) is 1.63. The van der Waals surface area contributed by atoms with Gasteiger partial charge < -0.3 is 15.4 Å². The normalized spacial score (nSPS) is 10.1. The average molecular weight is 305 g/mol. The van der Waals surface area contributed by atoms with Crippen molar-refractivity contribution in [3.63, 3.8) is 0 Å². The molecule has 0 spiro atoms. The van der Waals surface area contributed by atoms with E-state index >= 15 is 0 Å². The highest BCUT2D eigenvalue weighted by molar-refractivity contribution is 6.45. The molecule has 0 aliphatic carbocycles. The molecule has 0 radical (unpaired) electrons. The summed E-state index contributed by atoms with van der Waals surface area (Å²) in [6.45, 7) is 0.880. The van der Waals surface area contributed by atoms with Crippen molar-refractivity contribution in [1.29, 1.82) is 0 Å². The van der Waals surface area contributed by atoms with Crippen molar-refractivity contribution < 1.29 is 14.3 Å². The number of rotatable bonds is 5. The summed E-state index contributed by atoms with van der Waals surface area (Å²) in [5.74, 6) is -1.52. The molecule has 0 atom stereocenters. The van der Waals surface area contributed by atoms with E-state index in [2.05, 4.69) is 10.6 Å². The molecule has 0 fully saturated rings. The fourth-order valence-electron chi connectivity index (χ4n) is 1.28. The topological polar surface area (TPSA) is 67.4 Å². The first-order chi connectivity index (χ1) is 9.06. The van der Waals surface area contributed by atoms with Crippen LogP contribution < -0.4 is 10.6 Å². The van der Waals surface area contributed by atoms with Crippen LogP contribution in [0.4, 0.5) is 5.69 Å². The molecule has 0 unspecified atom stereocenters. The van der Waals surface area contributed by atoms with Gasteiger partial charge in [0.15, 0.2) is 0 Å². The zero-order valence-corrected chi connectivity index (χ0v) is 11.8. The van der Waals surface area contributed by atoms with Gasteiger partial charge in [-0.05, 0) is 18.6 Å². The number of nitrogens with one attached hydrogen (secondary N) is 2. The van der Waals surface area contributed by atoms with Crippen molar-refractivity contribution in [2.24, 2.45) is 0 Å². The number of amides is 2. The third-order valence-electron chi connectivity index (χ3n) is 2.22. The molecular formula is C12H14Cl2N2O3. The molecule has 104 valence electrons. The van der Waals surface area contributed by atoms with Crippen LogP contribution >= 0.6 is 23.2 Å². The van der Waals surface area contributed by atoms with Gasteiger partial charge in [-0.25, -0.2) is 0 Å². The van der Waals surface area contributed by atoms with E-state index in [4.69, 9.17) is 27.9 Å². The van der Waals surface area contributed by atoms with Crippen LogP contribution in [-0.2, 0) is 14.3 Å². The lowest BCUT2D eigenvalue weighted by Crippen LogP contribution is -2.36. The smallest absolute Gasteiger partial charge is 0.313 e. The van der Waals surface area contributed by atoms with E-state index in [1.807, 2.05) is 0 Å². The second-order valence-corrected chi connectivity index (χ2v) is 4.44. The lowest BCUT2D eigenvalue weighted by atomic mass is 10.3. The molecule has 0 aliphatic rings. The molecule has 0 heterocycles. The van der Waals surface area contributed by atoms with Gasteiger partial charge in [-0.15, -0.1) is 0 Å². The Morgan fingerprint density at radius 1 is 1.26 bits per heavy atom. The maximum absolute atomic E-state index is 11.6. The Labute approximate surface area is 121 Å². The minimum absolute atomic E-state index is 0.199. The molecule has 0 saturated carbocycles. The number of benzene rings is 1. The van der Waals surface area contributed by atoms with E-state index in [0.29, 0.717) is 30.3 Å². The van der Waals surface area contributed by atoms with E-state index in [0.717, 1.165) is 0 Å². The maximum atomic E-state index is 11.6. The van der Waals surface area contributed by atoms with Crippen molar-refractivity contribution in [3.05, 3.63) is 28.2 Å². The summed E-state index contributed by atoms with van der Waals surface area (Å²) in [4.78, 5) is 23.1. The highest BCUT2D eigenvalue weighted by Gasteiger charge is 2.15. The summed E-state index contributed by atoms with van der Waals surface area (Å²) < 4.78 is 4.82. The number of methoxy groups -OCH3 is 1. The Hall–Kier alpha value is -1.30. The molecule has 1 aromatic carbocycles. The second-order valence-electron chi connectivity index (χ2n) is 3.66. The molecule has 2 amide bonds. The molecule has 5 nitrogen and oxygen atoms in total. The minimum Gasteiger partial charge on any atom is -0.385 e. The van der Waals surface area contributed by atoms with Crippen LogP contribution in [0, 0.1) is 0 Å². The molecule has 7 heteroatoms. The summed E-state index contributed by atoms with van der Waals surface area (Å²) >= 11 is 11.7. The van der Waals surface area contributed by atoms with Crippen LogP contribution in [0.25, 0.3) is 0 Å². The van der Waals surface area contributed by atoms with Crippen molar-refractivity contribution in [1.82, 2.24) is 5.32 Å². The number of ether oxygens (including phenoxy) is 1. The summed E-state index contributed by atoms with van der Waals surface area (Å²) in [6, 6.07) is 4.77. The van der Waals surface area contributed by atoms with Gasteiger partial charge in [0, 0.05) is 20.3 Å². The SMILES string of the molecule is COCCCNC(=O)C(=O)Nc1cccc(Cl)c1Cl. The van der Waals surface area contributed by atoms with Gasteiger partial charge in [-0.2, -0.15) is 0 Å². The van der Waals surface area contributed by atoms with Gasteiger partial charge in [0.05, 0.1) is 15.7 Å². The molecule has 0 saturated heterocycles. The lowest BCUT2D eigenvalue weighted by Gasteiger charge is -2.08. The van der Waals surface area contributed by atoms with Crippen molar-refractivity contribution >= 4 is 40.7 Å². The van der Waals surface area contributed by atoms with Crippen molar-refractivity contribution in [3.8, 4) is 0 Å². The summed E-state index contributed by atoms with van der Waals surface area (Å²) in [5, 5.41) is 5.36. The molecular weight excluding hydrogens is 291 g/mol. The average Bonchev–Trinajstić information content (AvgIpc) is 2.39. The Bertz CT molecular complexity index is 466. The van der Waals surface area contributed by atoms with E-state index in [-0.39, 0.29) is 5.02 Å². The van der Waals surface area contributed by atoms with Gasteiger partial charge in [0.2, 0.25) is 0 Å². The highest BCUT2D eigenvalue weighted by Crippen LogP contribution is 2.29. The number of anilines is 1. The largest absolute Gasteiger partial charge is 0.385 e. The van der Waals surface area contributed by atoms with Crippen LogP contribution in [-0.4, -0.2) is 32.1 Å². The molecule has 0 bridgehead atoms. The first kappa shape index (κ1) is 15.8. The van der Waals surface area contributed by atoms with Gasteiger partial charge in [0.25, 0.3) is 0 Å². The Morgan fingerprint density at radius 3 is 2.68 bits per heavy atom. The van der Waals surface area contributed by atoms with Gasteiger partial charge >= 0.3 is 11.8 Å². The summed E-state index contributed by atoms with van der Waals surface area (Å²) in [5.41, 5.74) is 0.297. The van der Waals surface area contributed by atoms with E-state index < -0.39 is 11.8 Å². The third-order valence-corrected chi connectivity index (χ3v) is 3.04. The van der Waals surface area contributed by atoms with Crippen molar-refractivity contribution in [2.45, 2.75) is 6.42 Å². The molecule has 1 aromatic rings. The quantitative estimate of drug-likeness (QED) is 0.646. The van der Waals surface area contributed by atoms with Crippen LogP contribution in [0.15, 0.2) is 18.2 Å². The summed E-state index contributed by atoms with van der Waals surface area (Å²) in [7, 11) is 1.57. The van der Waals surface area contributed by atoms with E-state index in [9.17, 15) is 9.59 Å². The third kappa shape index (κ3) is 5.06. The van der Waals surface area contributed by atoms with Crippen LogP contribution in [0.1, 0.15) is 6.42 Å². The zero-order chi connectivity index (χ0) is 14.3. The predicted octanol–water partition coefficient (Wildman–Crippen LogP) is 2.08. The first-order valence-corrected chi connectivity index (χ1v) is 6.34. The van der Waals surface area contributed by atoms with Gasteiger partial charge in [-0.3, -0.25) is 9.59 Å². The molecule has 0 aromatic heterocycles. The monoisotopic (exact) mass is 304 g/mol. The maximum Gasteiger partial charge on any atom is 0.313 e. The second kappa shape index (κ2) is 7.99. The van der Waals surface area contributed by atoms with Crippen LogP contribution in [0.3, 0.4) is 0 Å². The molecule has 19 heavy (non-hydrogen) atoms. The van der Waals surface area contributed by atoms with Crippen molar-refractivity contribution in [2.75, 3.05) is 25.6 Å². The van der Waals surface area contributed by atoms with Crippen LogP contribution in [0.5, 0.6) is 0 Å². The van der Waals surface area contributed by atoms with E-state index in [1.54, 1.807) is 25.3 Å². The summed E-state index contributed by atoms with van der Waals surface area (Å²) in [6.07, 6.45) is 0.632. The minimum atomic E-state index is -0.790. The lowest BCUT2D eigenvalue weighted by molar-refractivity contribution is -0.136. The van der Waals surface area contributed by atoms with E-state index in [1.165, 1.54) is 0 Å². The standard InChI is InChI=1S/C12H14Cl2N2O3/c1-19-7-3-6-15-11(17)12(18)16-9-5-2-4-8(13)10(9)14/h2,4-5H,3,6-7H2,1H3,(H,15,17)(H,16,18). The number of hydrogen-bond donors (Lipinski definition) is 2. The Balaban J connectivity index is 2.50. The number of halogens is 2. The predicted molar refractivity (Wildman–Crippen MR) is 74.6 cm³/mol. The first-order valence-electron chi connectivity index (χ1n) is 5.58. The fraction of sp³-hybridized carbons (Fsp3) is 0.333. The molecule has 1 rings (SSSR count). The van der Waals surface area contributed by atoms with Gasteiger partial charge in [0.1, 0.15) is 0 Å². The van der Waals surface area contributed by atoms with Gasteiger partial charge in [-0.1, -0.05) is 29.3 Å². The number of hydrogen-bond acceptors (Lipinski definition) is 3. The number of carbonyl (C=O) groups excluding carboxylic acids is 2. The Kier molecular flexibility index (Phi) is 6.62. The highest BCUT2D eigenvalue weighted by atomic mass is 35.5.